The van der Waals surface area contributed by atoms with Gasteiger partial charge in [-0.2, -0.15) is 0 Å². The first-order chi connectivity index (χ1) is 15.3. The van der Waals surface area contributed by atoms with Crippen LogP contribution < -0.4 is 10.9 Å². The fraction of sp³-hybridized carbons (Fsp3) is 0.179. The summed E-state index contributed by atoms with van der Waals surface area (Å²) in [6.45, 7) is 0.696. The van der Waals surface area contributed by atoms with Gasteiger partial charge in [0.15, 0.2) is 0 Å². The van der Waals surface area contributed by atoms with E-state index in [1.165, 1.54) is 11.1 Å². The maximum atomic E-state index is 14.0. The van der Waals surface area contributed by atoms with Gasteiger partial charge in [-0.25, -0.2) is 0 Å². The Kier molecular flexibility index (Phi) is 5.40. The second-order valence-electron chi connectivity index (χ2n) is 8.06. The highest BCUT2D eigenvalue weighted by atomic mass is 16.1. The van der Waals surface area contributed by atoms with Gasteiger partial charge in [-0.15, -0.1) is 0 Å². The molecule has 154 valence electrons. The Hall–Kier alpha value is -3.59. The molecule has 0 atom stereocenters. The smallest absolute Gasteiger partial charge is 0.265 e. The van der Waals surface area contributed by atoms with Crippen LogP contribution in [0, 0.1) is 0 Å². The van der Waals surface area contributed by atoms with E-state index in [-0.39, 0.29) is 5.56 Å². The lowest BCUT2D eigenvalue weighted by molar-refractivity contribution is 0.646. The van der Waals surface area contributed by atoms with Crippen LogP contribution >= 0.6 is 0 Å². The predicted octanol–water partition coefficient (Wildman–Crippen LogP) is 6.00. The quantitative estimate of drug-likeness (QED) is 0.441. The van der Waals surface area contributed by atoms with E-state index in [1.54, 1.807) is 0 Å². The summed E-state index contributed by atoms with van der Waals surface area (Å²) in [7, 11) is 0. The molecule has 1 aliphatic carbocycles. The molecule has 0 radical (unpaired) electrons. The molecule has 0 aliphatic heterocycles. The van der Waals surface area contributed by atoms with Gasteiger partial charge in [0.1, 0.15) is 0 Å². The van der Waals surface area contributed by atoms with E-state index in [4.69, 9.17) is 0 Å². The number of hydrogen-bond donors (Lipinski definition) is 1. The number of nitrogens with one attached hydrogen (secondary N) is 1. The molecule has 5 rings (SSSR count). The van der Waals surface area contributed by atoms with Gasteiger partial charge in [0.2, 0.25) is 0 Å². The molecule has 0 fully saturated rings. The van der Waals surface area contributed by atoms with Gasteiger partial charge in [-0.05, 0) is 54.5 Å². The molecule has 0 saturated heterocycles. The van der Waals surface area contributed by atoms with Crippen molar-refractivity contribution in [2.75, 3.05) is 5.32 Å². The maximum Gasteiger partial charge on any atom is 0.265 e. The number of rotatable bonds is 5. The Labute approximate surface area is 183 Å². The van der Waals surface area contributed by atoms with E-state index < -0.39 is 0 Å². The molecule has 0 bridgehead atoms. The summed E-state index contributed by atoms with van der Waals surface area (Å²) >= 11 is 0. The summed E-state index contributed by atoms with van der Waals surface area (Å²) in [6, 6.07) is 30.5. The molecule has 3 heteroatoms. The lowest BCUT2D eigenvalue weighted by Crippen LogP contribution is -2.29. The van der Waals surface area contributed by atoms with Gasteiger partial charge in [0, 0.05) is 17.9 Å². The molecular weight excluding hydrogens is 380 g/mol. The summed E-state index contributed by atoms with van der Waals surface area (Å²) in [6.07, 6.45) is 4.17. The van der Waals surface area contributed by atoms with Crippen LogP contribution in [0.4, 0.5) is 5.69 Å². The fourth-order valence-electron chi connectivity index (χ4n) is 4.60. The van der Waals surface area contributed by atoms with Gasteiger partial charge < -0.3 is 5.32 Å². The predicted molar refractivity (Wildman–Crippen MR) is 128 cm³/mol. The van der Waals surface area contributed by atoms with Gasteiger partial charge in [-0.1, -0.05) is 78.9 Å². The van der Waals surface area contributed by atoms with Crippen molar-refractivity contribution < 1.29 is 0 Å². The van der Waals surface area contributed by atoms with Crippen molar-refractivity contribution >= 4 is 5.69 Å². The summed E-state index contributed by atoms with van der Waals surface area (Å²) < 4.78 is 1.95. The Balaban J connectivity index is 1.74. The van der Waals surface area contributed by atoms with Crippen molar-refractivity contribution in [3.05, 3.63) is 118 Å². The number of nitrogens with zero attached hydrogens (tertiary/aromatic N) is 1. The average molecular weight is 407 g/mol. The third-order valence-corrected chi connectivity index (χ3v) is 6.07. The highest BCUT2D eigenvalue weighted by Gasteiger charge is 2.25. The van der Waals surface area contributed by atoms with E-state index in [2.05, 4.69) is 29.6 Å². The zero-order chi connectivity index (χ0) is 21.0. The number of anilines is 1. The number of pyridine rings is 1. The monoisotopic (exact) mass is 406 g/mol. The van der Waals surface area contributed by atoms with Crippen molar-refractivity contribution in [2.45, 2.75) is 32.2 Å². The normalized spacial score (nSPS) is 12.9. The number of aromatic nitrogens is 1. The minimum absolute atomic E-state index is 0.0496. The molecule has 0 saturated carbocycles. The summed E-state index contributed by atoms with van der Waals surface area (Å²) in [4.78, 5) is 14.0. The SMILES string of the molecule is O=c1c(-c2ccccc2)c(NCc2ccccc2)c2c(n1-c1ccccc1)CCCC2. The van der Waals surface area contributed by atoms with Crippen LogP contribution in [0.5, 0.6) is 0 Å². The van der Waals surface area contributed by atoms with Gasteiger partial charge >= 0.3 is 0 Å². The van der Waals surface area contributed by atoms with Crippen molar-refractivity contribution in [1.82, 2.24) is 4.57 Å². The summed E-state index contributed by atoms with van der Waals surface area (Å²) in [5, 5.41) is 3.66. The average Bonchev–Trinajstić information content (AvgIpc) is 2.84. The lowest BCUT2D eigenvalue weighted by atomic mass is 9.90. The molecule has 1 heterocycles. The molecule has 3 nitrogen and oxygen atoms in total. The van der Waals surface area contributed by atoms with Crippen LogP contribution in [0.1, 0.15) is 29.7 Å². The summed E-state index contributed by atoms with van der Waals surface area (Å²) in [5.41, 5.74) is 7.36. The molecule has 1 aromatic heterocycles. The minimum atomic E-state index is 0.0496. The molecule has 4 aromatic rings. The lowest BCUT2D eigenvalue weighted by Gasteiger charge is -2.27. The van der Waals surface area contributed by atoms with E-state index in [1.807, 2.05) is 71.3 Å². The van der Waals surface area contributed by atoms with E-state index in [9.17, 15) is 4.79 Å². The van der Waals surface area contributed by atoms with E-state index in [0.717, 1.165) is 53.9 Å². The first-order valence-corrected chi connectivity index (χ1v) is 11.0. The Morgan fingerprint density at radius 2 is 1.35 bits per heavy atom. The Morgan fingerprint density at radius 1 is 0.742 bits per heavy atom. The number of benzene rings is 3. The highest BCUT2D eigenvalue weighted by molar-refractivity contribution is 5.81. The first-order valence-electron chi connectivity index (χ1n) is 11.0. The fourth-order valence-corrected chi connectivity index (χ4v) is 4.60. The maximum absolute atomic E-state index is 14.0. The van der Waals surface area contributed by atoms with Crippen LogP contribution in [0.2, 0.25) is 0 Å². The van der Waals surface area contributed by atoms with E-state index >= 15 is 0 Å². The molecule has 0 unspecified atom stereocenters. The van der Waals surface area contributed by atoms with E-state index in [0.29, 0.717) is 6.54 Å². The zero-order valence-electron chi connectivity index (χ0n) is 17.6. The second kappa shape index (κ2) is 8.65. The van der Waals surface area contributed by atoms with Crippen LogP contribution in [0.25, 0.3) is 16.8 Å². The first kappa shape index (κ1) is 19.4. The van der Waals surface area contributed by atoms with Crippen LogP contribution in [0.3, 0.4) is 0 Å². The Morgan fingerprint density at radius 3 is 2.06 bits per heavy atom. The topological polar surface area (TPSA) is 34.0 Å². The van der Waals surface area contributed by atoms with Crippen LogP contribution in [0.15, 0.2) is 95.8 Å². The van der Waals surface area contributed by atoms with Crippen molar-refractivity contribution in [1.29, 1.82) is 0 Å². The molecule has 1 aliphatic rings. The third-order valence-electron chi connectivity index (χ3n) is 6.07. The standard InChI is InChI=1S/C28H26N2O/c31-28-26(22-14-6-2-7-15-22)27(29-20-21-12-4-1-5-13-21)24-18-10-11-19-25(24)30(28)23-16-8-3-9-17-23/h1-9,12-17,29H,10-11,18-20H2. The molecule has 1 N–H and O–H groups in total. The van der Waals surface area contributed by atoms with Gasteiger partial charge in [0.05, 0.1) is 11.3 Å². The molecule has 0 amide bonds. The number of para-hydroxylation sites is 1. The molecule has 31 heavy (non-hydrogen) atoms. The summed E-state index contributed by atoms with van der Waals surface area (Å²) in [5.74, 6) is 0. The minimum Gasteiger partial charge on any atom is -0.380 e. The molecule has 3 aromatic carbocycles. The van der Waals surface area contributed by atoms with Crippen LogP contribution in [-0.2, 0) is 19.4 Å². The molecule has 0 spiro atoms. The molecular formula is C28H26N2O. The van der Waals surface area contributed by atoms with Crippen molar-refractivity contribution in [3.63, 3.8) is 0 Å². The van der Waals surface area contributed by atoms with Crippen LogP contribution in [-0.4, -0.2) is 4.57 Å². The third kappa shape index (κ3) is 3.79. The highest BCUT2D eigenvalue weighted by Crippen LogP contribution is 2.35. The van der Waals surface area contributed by atoms with Gasteiger partial charge in [-0.3, -0.25) is 9.36 Å². The van der Waals surface area contributed by atoms with Crippen molar-refractivity contribution in [3.8, 4) is 16.8 Å². The second-order valence-corrected chi connectivity index (χ2v) is 8.06. The number of hydrogen-bond acceptors (Lipinski definition) is 2. The number of fused-ring (bicyclic) bond motifs is 1. The Bertz CT molecular complexity index is 1230. The van der Waals surface area contributed by atoms with Gasteiger partial charge in [0.25, 0.3) is 5.56 Å². The van der Waals surface area contributed by atoms with Crippen molar-refractivity contribution in [2.24, 2.45) is 0 Å². The zero-order valence-corrected chi connectivity index (χ0v) is 17.6. The largest absolute Gasteiger partial charge is 0.380 e.